The van der Waals surface area contributed by atoms with E-state index in [2.05, 4.69) is 17.3 Å². The van der Waals surface area contributed by atoms with Crippen LogP contribution in [0.4, 0.5) is 0 Å². The Bertz CT molecular complexity index is 128. The van der Waals surface area contributed by atoms with Gasteiger partial charge in [0.15, 0.2) is 0 Å². The minimum absolute atomic E-state index is 0.494. The quantitative estimate of drug-likeness (QED) is 0.593. The molecule has 2 saturated heterocycles. The fraction of sp³-hybridized carbons (Fsp3) is 1.00. The second-order valence-electron chi connectivity index (χ2n) is 3.59. The molecule has 64 valence electrons. The molecule has 2 heterocycles. The molecular formula is C8H16N2O. The summed E-state index contributed by atoms with van der Waals surface area (Å²) in [7, 11) is 2.13. The van der Waals surface area contributed by atoms with Crippen molar-refractivity contribution in [2.24, 2.45) is 0 Å². The number of nitrogens with one attached hydrogen (secondary N) is 1. The monoisotopic (exact) mass is 156 g/mol. The normalized spacial score (nSPS) is 34.1. The van der Waals surface area contributed by atoms with Crippen molar-refractivity contribution in [2.75, 3.05) is 33.2 Å². The summed E-state index contributed by atoms with van der Waals surface area (Å²) in [5.74, 6) is 0. The second kappa shape index (κ2) is 3.09. The molecule has 1 unspecified atom stereocenters. The van der Waals surface area contributed by atoms with E-state index < -0.39 is 0 Å². The van der Waals surface area contributed by atoms with E-state index in [1.165, 1.54) is 6.42 Å². The van der Waals surface area contributed by atoms with Crippen LogP contribution in [0.15, 0.2) is 0 Å². The molecule has 0 aromatic carbocycles. The molecule has 2 aliphatic rings. The Balaban J connectivity index is 1.66. The van der Waals surface area contributed by atoms with Crippen LogP contribution in [-0.2, 0) is 4.74 Å². The van der Waals surface area contributed by atoms with Gasteiger partial charge in [-0.25, -0.2) is 0 Å². The minimum Gasteiger partial charge on any atom is -0.371 e. The first-order valence-corrected chi connectivity index (χ1v) is 4.39. The number of likely N-dealkylation sites (tertiary alicyclic amines) is 1. The van der Waals surface area contributed by atoms with Gasteiger partial charge in [-0.1, -0.05) is 0 Å². The SMILES string of the molecule is CN1CC(OC2CCNC2)C1. The van der Waals surface area contributed by atoms with Gasteiger partial charge in [-0.3, -0.25) is 0 Å². The fourth-order valence-electron chi connectivity index (χ4n) is 1.74. The molecule has 0 aliphatic carbocycles. The second-order valence-corrected chi connectivity index (χ2v) is 3.59. The van der Waals surface area contributed by atoms with E-state index in [0.717, 1.165) is 26.2 Å². The summed E-state index contributed by atoms with van der Waals surface area (Å²) >= 11 is 0. The van der Waals surface area contributed by atoms with Gasteiger partial charge in [0, 0.05) is 19.6 Å². The van der Waals surface area contributed by atoms with E-state index in [0.29, 0.717) is 12.2 Å². The third-order valence-corrected chi connectivity index (χ3v) is 2.43. The maximum Gasteiger partial charge on any atom is 0.0832 e. The van der Waals surface area contributed by atoms with Crippen LogP contribution >= 0.6 is 0 Å². The van der Waals surface area contributed by atoms with Crippen molar-refractivity contribution >= 4 is 0 Å². The molecule has 2 rings (SSSR count). The Hall–Kier alpha value is -0.120. The first-order valence-electron chi connectivity index (χ1n) is 4.39. The zero-order chi connectivity index (χ0) is 7.68. The first-order chi connectivity index (χ1) is 5.34. The fourth-order valence-corrected chi connectivity index (χ4v) is 1.74. The highest BCUT2D eigenvalue weighted by atomic mass is 16.5. The van der Waals surface area contributed by atoms with E-state index in [9.17, 15) is 0 Å². The molecule has 2 fully saturated rings. The van der Waals surface area contributed by atoms with Crippen LogP contribution in [0.25, 0.3) is 0 Å². The molecule has 11 heavy (non-hydrogen) atoms. The Morgan fingerprint density at radius 1 is 1.36 bits per heavy atom. The smallest absolute Gasteiger partial charge is 0.0832 e. The van der Waals surface area contributed by atoms with E-state index in [1.54, 1.807) is 0 Å². The molecule has 0 saturated carbocycles. The summed E-state index contributed by atoms with van der Waals surface area (Å²) in [6, 6.07) is 0. The Morgan fingerprint density at radius 2 is 2.18 bits per heavy atom. The van der Waals surface area contributed by atoms with Gasteiger partial charge in [0.25, 0.3) is 0 Å². The van der Waals surface area contributed by atoms with Crippen molar-refractivity contribution < 1.29 is 4.74 Å². The number of ether oxygens (including phenoxy) is 1. The molecule has 0 spiro atoms. The van der Waals surface area contributed by atoms with Crippen LogP contribution in [0.3, 0.4) is 0 Å². The summed E-state index contributed by atoms with van der Waals surface area (Å²) in [5.41, 5.74) is 0. The van der Waals surface area contributed by atoms with Gasteiger partial charge >= 0.3 is 0 Å². The molecule has 0 amide bonds. The van der Waals surface area contributed by atoms with Crippen LogP contribution in [0, 0.1) is 0 Å². The van der Waals surface area contributed by atoms with E-state index in [-0.39, 0.29) is 0 Å². The van der Waals surface area contributed by atoms with Crippen LogP contribution in [-0.4, -0.2) is 50.3 Å². The molecule has 3 nitrogen and oxygen atoms in total. The van der Waals surface area contributed by atoms with Crippen LogP contribution < -0.4 is 5.32 Å². The van der Waals surface area contributed by atoms with Gasteiger partial charge in [-0.2, -0.15) is 0 Å². The molecule has 0 aromatic rings. The predicted molar refractivity (Wildman–Crippen MR) is 43.6 cm³/mol. The standard InChI is InChI=1S/C8H16N2O/c1-10-5-8(6-10)11-7-2-3-9-4-7/h7-9H,2-6H2,1H3. The summed E-state index contributed by atoms with van der Waals surface area (Å²) in [4.78, 5) is 2.28. The maximum absolute atomic E-state index is 5.81. The van der Waals surface area contributed by atoms with Crippen molar-refractivity contribution in [1.29, 1.82) is 0 Å². The number of nitrogens with zero attached hydrogens (tertiary/aromatic N) is 1. The van der Waals surface area contributed by atoms with E-state index in [4.69, 9.17) is 4.74 Å². The summed E-state index contributed by atoms with van der Waals surface area (Å²) in [6.45, 7) is 4.43. The summed E-state index contributed by atoms with van der Waals surface area (Å²) in [5, 5.41) is 3.30. The topological polar surface area (TPSA) is 24.5 Å². The van der Waals surface area contributed by atoms with Crippen molar-refractivity contribution in [3.05, 3.63) is 0 Å². The van der Waals surface area contributed by atoms with Gasteiger partial charge < -0.3 is 15.0 Å². The highest BCUT2D eigenvalue weighted by Crippen LogP contribution is 2.13. The summed E-state index contributed by atoms with van der Waals surface area (Å²) < 4.78 is 5.81. The average Bonchev–Trinajstić information content (AvgIpc) is 2.36. The van der Waals surface area contributed by atoms with Gasteiger partial charge in [0.05, 0.1) is 12.2 Å². The maximum atomic E-state index is 5.81. The number of hydrogen-bond donors (Lipinski definition) is 1. The van der Waals surface area contributed by atoms with Crippen molar-refractivity contribution in [2.45, 2.75) is 18.6 Å². The lowest BCUT2D eigenvalue weighted by Gasteiger charge is -2.37. The lowest BCUT2D eigenvalue weighted by atomic mass is 10.2. The van der Waals surface area contributed by atoms with Gasteiger partial charge in [0.1, 0.15) is 0 Å². The first kappa shape index (κ1) is 7.53. The van der Waals surface area contributed by atoms with E-state index in [1.807, 2.05) is 0 Å². The lowest BCUT2D eigenvalue weighted by molar-refractivity contribution is -0.0766. The van der Waals surface area contributed by atoms with Crippen LogP contribution in [0.2, 0.25) is 0 Å². The Labute approximate surface area is 67.7 Å². The van der Waals surface area contributed by atoms with E-state index >= 15 is 0 Å². The highest BCUT2D eigenvalue weighted by molar-refractivity contribution is 4.81. The average molecular weight is 156 g/mol. The lowest BCUT2D eigenvalue weighted by Crippen LogP contribution is -2.51. The number of rotatable bonds is 2. The van der Waals surface area contributed by atoms with Crippen LogP contribution in [0.1, 0.15) is 6.42 Å². The molecule has 0 bridgehead atoms. The minimum atomic E-state index is 0.494. The molecule has 1 N–H and O–H groups in total. The van der Waals surface area contributed by atoms with Gasteiger partial charge in [-0.15, -0.1) is 0 Å². The number of likely N-dealkylation sites (N-methyl/N-ethyl adjacent to an activating group) is 1. The van der Waals surface area contributed by atoms with Crippen molar-refractivity contribution in [1.82, 2.24) is 10.2 Å². The molecule has 0 aromatic heterocycles. The molecule has 0 radical (unpaired) electrons. The Kier molecular flexibility index (Phi) is 2.11. The third-order valence-electron chi connectivity index (χ3n) is 2.43. The molecule has 1 atom stereocenters. The Morgan fingerprint density at radius 3 is 2.73 bits per heavy atom. The third kappa shape index (κ3) is 1.72. The van der Waals surface area contributed by atoms with Crippen LogP contribution in [0.5, 0.6) is 0 Å². The van der Waals surface area contributed by atoms with Crippen molar-refractivity contribution in [3.8, 4) is 0 Å². The largest absolute Gasteiger partial charge is 0.371 e. The van der Waals surface area contributed by atoms with Gasteiger partial charge in [-0.05, 0) is 20.0 Å². The predicted octanol–water partition coefficient (Wildman–Crippen LogP) is -0.321. The van der Waals surface area contributed by atoms with Gasteiger partial charge in [0.2, 0.25) is 0 Å². The zero-order valence-electron chi connectivity index (χ0n) is 7.05. The zero-order valence-corrected chi connectivity index (χ0v) is 7.05. The summed E-state index contributed by atoms with van der Waals surface area (Å²) in [6.07, 6.45) is 2.21. The highest BCUT2D eigenvalue weighted by Gasteiger charge is 2.27. The number of hydrogen-bond acceptors (Lipinski definition) is 3. The molecular weight excluding hydrogens is 140 g/mol. The molecule has 3 heteroatoms. The molecule has 2 aliphatic heterocycles. The van der Waals surface area contributed by atoms with Crippen molar-refractivity contribution in [3.63, 3.8) is 0 Å².